The molecular weight excluding hydrogens is 745 g/mol. The summed E-state index contributed by atoms with van der Waals surface area (Å²) < 4.78 is 105. The predicted octanol–water partition coefficient (Wildman–Crippen LogP) is 5.95. The standard InChI is InChI=1S/C30H34BrF2N3O5S.C2HF3O2/c1-40-27-18-21(8-11-26(27)31)30(32,33)28(29(37)36-14-12-22(34)13-15-36)35-42(38,39)25-10-7-19-16-24(9-6-20(19)17-25)41-23-4-2-3-5-23;3-2(4,5)1(6)7/h6-11,16-18,22-23,28,35H,2-5,12-15,34H2,1H3;(H,6,7)/t28-;/m1./s1. The molecule has 1 amide bonds. The van der Waals surface area contributed by atoms with Crippen molar-refractivity contribution in [1.29, 1.82) is 0 Å². The number of carbonyl (C=O) groups is 2. The van der Waals surface area contributed by atoms with Crippen LogP contribution in [-0.4, -0.2) is 74.9 Å². The van der Waals surface area contributed by atoms with E-state index in [4.69, 9.17) is 25.1 Å². The summed E-state index contributed by atoms with van der Waals surface area (Å²) in [5.74, 6) is -6.88. The highest BCUT2D eigenvalue weighted by atomic mass is 79.9. The number of carboxylic acids is 1. The van der Waals surface area contributed by atoms with E-state index in [-0.39, 0.29) is 35.9 Å². The number of amides is 1. The highest BCUT2D eigenvalue weighted by Crippen LogP contribution is 2.38. The molecule has 0 bridgehead atoms. The fraction of sp³-hybridized carbons (Fsp3) is 0.438. The van der Waals surface area contributed by atoms with Gasteiger partial charge in [-0.2, -0.15) is 26.7 Å². The molecule has 4 N–H and O–H groups in total. The molecule has 1 aliphatic heterocycles. The van der Waals surface area contributed by atoms with Crippen LogP contribution in [0.2, 0.25) is 0 Å². The lowest BCUT2D eigenvalue weighted by atomic mass is 9.98. The van der Waals surface area contributed by atoms with Gasteiger partial charge in [-0.05, 0) is 102 Å². The van der Waals surface area contributed by atoms with E-state index in [1.54, 1.807) is 18.2 Å². The van der Waals surface area contributed by atoms with Crippen molar-refractivity contribution in [3.63, 3.8) is 0 Å². The van der Waals surface area contributed by atoms with Gasteiger partial charge in [0.05, 0.1) is 22.6 Å². The van der Waals surface area contributed by atoms with E-state index in [9.17, 15) is 26.4 Å². The van der Waals surface area contributed by atoms with E-state index in [1.165, 1.54) is 30.2 Å². The van der Waals surface area contributed by atoms with E-state index in [1.807, 2.05) is 6.07 Å². The maximum atomic E-state index is 16.2. The number of ether oxygens (including phenoxy) is 2. The molecule has 1 heterocycles. The van der Waals surface area contributed by atoms with Gasteiger partial charge in [0.25, 0.3) is 5.92 Å². The largest absolute Gasteiger partial charge is 0.496 e. The zero-order chi connectivity index (χ0) is 36.1. The summed E-state index contributed by atoms with van der Waals surface area (Å²) >= 11 is 3.24. The molecule has 2 aliphatic rings. The number of sulfonamides is 1. The first kappa shape index (κ1) is 38.3. The lowest BCUT2D eigenvalue weighted by Crippen LogP contribution is -2.58. The van der Waals surface area contributed by atoms with E-state index >= 15 is 8.78 Å². The molecule has 0 unspecified atom stereocenters. The lowest BCUT2D eigenvalue weighted by molar-refractivity contribution is -0.192. The number of fused-ring (bicyclic) bond motifs is 1. The number of rotatable bonds is 9. The molecule has 1 saturated heterocycles. The number of hydrogen-bond acceptors (Lipinski definition) is 7. The van der Waals surface area contributed by atoms with Crippen LogP contribution in [0.15, 0.2) is 64.0 Å². The number of hydrogen-bond donors (Lipinski definition) is 3. The molecule has 3 aromatic rings. The van der Waals surface area contributed by atoms with Gasteiger partial charge in [0.15, 0.2) is 6.04 Å². The summed E-state index contributed by atoms with van der Waals surface area (Å²) in [5, 5.41) is 8.46. The minimum atomic E-state index is -5.08. The van der Waals surface area contributed by atoms with Crippen molar-refractivity contribution in [1.82, 2.24) is 9.62 Å². The number of nitrogens with two attached hydrogens (primary N) is 1. The van der Waals surface area contributed by atoms with Crippen molar-refractivity contribution in [2.75, 3.05) is 20.2 Å². The third-order valence-electron chi connectivity index (χ3n) is 8.21. The highest BCUT2D eigenvalue weighted by molar-refractivity contribution is 9.10. The van der Waals surface area contributed by atoms with Crippen LogP contribution in [0, 0.1) is 0 Å². The van der Waals surface area contributed by atoms with Gasteiger partial charge in [-0.25, -0.2) is 13.2 Å². The van der Waals surface area contributed by atoms with Crippen LogP contribution in [0.5, 0.6) is 11.5 Å². The smallest absolute Gasteiger partial charge is 0.490 e. The Morgan fingerprint density at radius 2 is 1.55 bits per heavy atom. The maximum Gasteiger partial charge on any atom is 0.490 e. The van der Waals surface area contributed by atoms with Crippen molar-refractivity contribution in [3.8, 4) is 11.5 Å². The van der Waals surface area contributed by atoms with E-state index < -0.39 is 45.6 Å². The Balaban J connectivity index is 0.000000698. The Labute approximate surface area is 287 Å². The molecule has 10 nitrogen and oxygen atoms in total. The number of nitrogens with zero attached hydrogens (tertiary/aromatic N) is 1. The first-order valence-electron chi connectivity index (χ1n) is 15.2. The van der Waals surface area contributed by atoms with Crippen LogP contribution in [-0.2, 0) is 25.5 Å². The number of piperidine rings is 1. The van der Waals surface area contributed by atoms with Crippen LogP contribution >= 0.6 is 15.9 Å². The Hall–Kier alpha value is -3.54. The average molecular weight is 781 g/mol. The normalized spacial score (nSPS) is 16.9. The third kappa shape index (κ3) is 9.58. The fourth-order valence-corrected chi connectivity index (χ4v) is 7.11. The minimum Gasteiger partial charge on any atom is -0.496 e. The molecule has 0 spiro atoms. The molecule has 1 aliphatic carbocycles. The number of benzene rings is 3. The summed E-state index contributed by atoms with van der Waals surface area (Å²) in [6.45, 7) is 0.304. The number of halogens is 6. The number of carbonyl (C=O) groups excluding carboxylic acids is 1. The van der Waals surface area contributed by atoms with Crippen molar-refractivity contribution in [2.45, 2.75) is 73.7 Å². The van der Waals surface area contributed by atoms with Crippen molar-refractivity contribution < 1.29 is 54.5 Å². The van der Waals surface area contributed by atoms with Gasteiger partial charge in [-0.1, -0.05) is 18.2 Å². The molecule has 0 aromatic heterocycles. The molecule has 2 fully saturated rings. The van der Waals surface area contributed by atoms with Gasteiger partial charge < -0.3 is 25.2 Å². The zero-order valence-corrected chi connectivity index (χ0v) is 28.6. The van der Waals surface area contributed by atoms with Crippen LogP contribution in [0.4, 0.5) is 22.0 Å². The zero-order valence-electron chi connectivity index (χ0n) is 26.2. The number of likely N-dealkylation sites (tertiary alicyclic amines) is 1. The molecule has 268 valence electrons. The lowest BCUT2D eigenvalue weighted by Gasteiger charge is -2.35. The van der Waals surface area contributed by atoms with Crippen molar-refractivity contribution >= 4 is 48.6 Å². The highest BCUT2D eigenvalue weighted by Gasteiger charge is 2.50. The number of alkyl halides is 5. The van der Waals surface area contributed by atoms with Gasteiger partial charge in [0.1, 0.15) is 11.5 Å². The Morgan fingerprint density at radius 1 is 0.959 bits per heavy atom. The summed E-state index contributed by atoms with van der Waals surface area (Å²) in [7, 11) is -3.24. The Kier molecular flexibility index (Phi) is 12.2. The van der Waals surface area contributed by atoms with E-state index in [0.29, 0.717) is 28.5 Å². The Bertz CT molecular complexity index is 1760. The maximum absolute atomic E-state index is 16.2. The van der Waals surface area contributed by atoms with Crippen molar-refractivity contribution in [2.24, 2.45) is 5.73 Å². The van der Waals surface area contributed by atoms with Gasteiger partial charge >= 0.3 is 12.1 Å². The number of nitrogens with one attached hydrogen (secondary N) is 1. The molecule has 1 atom stereocenters. The molecular formula is C32H35BrF5N3O7S. The van der Waals surface area contributed by atoms with Gasteiger partial charge in [-0.15, -0.1) is 0 Å². The van der Waals surface area contributed by atoms with Crippen LogP contribution < -0.4 is 19.9 Å². The van der Waals surface area contributed by atoms with Crippen LogP contribution in [0.25, 0.3) is 10.8 Å². The monoisotopic (exact) mass is 779 g/mol. The molecule has 1 saturated carbocycles. The van der Waals surface area contributed by atoms with Gasteiger partial charge in [0, 0.05) is 24.7 Å². The number of methoxy groups -OCH3 is 1. The van der Waals surface area contributed by atoms with Gasteiger partial charge in [0.2, 0.25) is 15.9 Å². The summed E-state index contributed by atoms with van der Waals surface area (Å²) in [6, 6.07) is 10.7. The molecule has 17 heteroatoms. The molecule has 49 heavy (non-hydrogen) atoms. The first-order valence-corrected chi connectivity index (χ1v) is 17.5. The number of aliphatic carboxylic acids is 1. The van der Waals surface area contributed by atoms with Crippen molar-refractivity contribution in [3.05, 3.63) is 64.6 Å². The second-order valence-electron chi connectivity index (χ2n) is 11.7. The summed E-state index contributed by atoms with van der Waals surface area (Å²) in [6.07, 6.45) is 0.222. The molecule has 5 rings (SSSR count). The first-order chi connectivity index (χ1) is 22.9. The molecule has 3 aromatic carbocycles. The fourth-order valence-electron chi connectivity index (χ4n) is 5.48. The van der Waals surface area contributed by atoms with Gasteiger partial charge in [-0.3, -0.25) is 4.79 Å². The minimum absolute atomic E-state index is 0.121. The van der Waals surface area contributed by atoms with Crippen LogP contribution in [0.3, 0.4) is 0 Å². The van der Waals surface area contributed by atoms with E-state index in [0.717, 1.165) is 43.2 Å². The average Bonchev–Trinajstić information content (AvgIpc) is 3.56. The Morgan fingerprint density at radius 3 is 2.14 bits per heavy atom. The second kappa shape index (κ2) is 15.6. The SMILES string of the molecule is COc1cc(C(F)(F)[C@H](NS(=O)(=O)c2ccc3cc(OC4CCCC4)ccc3c2)C(=O)N2CCC(N)CC2)ccc1Br.O=C(O)C(F)(F)F. The third-order valence-corrected chi connectivity index (χ3v) is 10.3. The topological polar surface area (TPSA) is 148 Å². The quantitative estimate of drug-likeness (QED) is 0.226. The van der Waals surface area contributed by atoms with E-state index in [2.05, 4.69) is 20.7 Å². The summed E-state index contributed by atoms with van der Waals surface area (Å²) in [5.41, 5.74) is 5.38. The van der Waals surface area contributed by atoms with Crippen LogP contribution in [0.1, 0.15) is 44.1 Å². The predicted molar refractivity (Wildman–Crippen MR) is 173 cm³/mol. The molecule has 0 radical (unpaired) electrons. The second-order valence-corrected chi connectivity index (χ2v) is 14.3. The summed E-state index contributed by atoms with van der Waals surface area (Å²) in [4.78, 5) is 23.5. The number of carboxylic acid groups (broad SMARTS) is 1.